The third kappa shape index (κ3) is 2.50. The van der Waals surface area contributed by atoms with Crippen LogP contribution in [0, 0.1) is 6.92 Å². The van der Waals surface area contributed by atoms with E-state index in [0.29, 0.717) is 17.9 Å². The summed E-state index contributed by atoms with van der Waals surface area (Å²) in [4.78, 5) is 15.9. The predicted octanol–water partition coefficient (Wildman–Crippen LogP) is 0.315. The molecule has 1 atom stereocenters. The van der Waals surface area contributed by atoms with E-state index in [1.165, 1.54) is 0 Å². The molecule has 7 nitrogen and oxygen atoms in total. The molecule has 0 bridgehead atoms. The highest BCUT2D eigenvalue weighted by Gasteiger charge is 2.17. The van der Waals surface area contributed by atoms with Gasteiger partial charge in [-0.1, -0.05) is 0 Å². The lowest BCUT2D eigenvalue weighted by Crippen LogP contribution is -2.36. The molecular weight excluding hydrogens is 232 g/mol. The average Bonchev–Trinajstić information content (AvgIpc) is 2.91. The Kier molecular flexibility index (Phi) is 3.31. The fourth-order valence-corrected chi connectivity index (χ4v) is 1.66. The Hall–Kier alpha value is -2.31. The van der Waals surface area contributed by atoms with E-state index in [1.807, 2.05) is 17.7 Å². The second kappa shape index (κ2) is 4.91. The number of H-pyrrole nitrogens is 1. The molecule has 1 unspecified atom stereocenters. The van der Waals surface area contributed by atoms with Crippen LogP contribution in [0.4, 0.5) is 5.69 Å². The van der Waals surface area contributed by atoms with Gasteiger partial charge in [0.15, 0.2) is 5.69 Å². The van der Waals surface area contributed by atoms with Crippen LogP contribution in [-0.2, 0) is 6.54 Å². The normalized spacial score (nSPS) is 12.3. The van der Waals surface area contributed by atoms with Crippen molar-refractivity contribution in [2.24, 2.45) is 0 Å². The molecule has 18 heavy (non-hydrogen) atoms. The largest absolute Gasteiger partial charge is 0.395 e. The summed E-state index contributed by atoms with van der Waals surface area (Å²) in [5, 5.41) is 9.41. The quantitative estimate of drug-likeness (QED) is 0.725. The van der Waals surface area contributed by atoms with E-state index in [9.17, 15) is 4.79 Å². The van der Waals surface area contributed by atoms with Crippen molar-refractivity contribution in [1.29, 1.82) is 0 Å². The number of hydrogen-bond donors (Lipinski definition) is 3. The van der Waals surface area contributed by atoms with Crippen LogP contribution in [0.5, 0.6) is 0 Å². The first-order valence-electron chi connectivity index (χ1n) is 5.65. The number of hydrogen-bond acceptors (Lipinski definition) is 4. The van der Waals surface area contributed by atoms with Crippen molar-refractivity contribution in [3.8, 4) is 0 Å². The highest BCUT2D eigenvalue weighted by molar-refractivity contribution is 5.97. The zero-order valence-corrected chi connectivity index (χ0v) is 10.3. The highest BCUT2D eigenvalue weighted by Crippen LogP contribution is 2.12. The molecule has 2 aromatic heterocycles. The number of nitrogens with one attached hydrogen (secondary N) is 2. The summed E-state index contributed by atoms with van der Waals surface area (Å²) >= 11 is 0. The number of carbonyl (C=O) groups excluding carboxylic acids is 1. The highest BCUT2D eigenvalue weighted by atomic mass is 16.2. The van der Waals surface area contributed by atoms with Gasteiger partial charge < -0.3 is 15.6 Å². The van der Waals surface area contributed by atoms with Gasteiger partial charge in [0.2, 0.25) is 0 Å². The Labute approximate surface area is 104 Å². The summed E-state index contributed by atoms with van der Waals surface area (Å²) < 4.78 is 1.89. The van der Waals surface area contributed by atoms with E-state index in [-0.39, 0.29) is 17.6 Å². The Balaban J connectivity index is 1.97. The molecule has 2 heterocycles. The van der Waals surface area contributed by atoms with Crippen LogP contribution in [0.2, 0.25) is 0 Å². The van der Waals surface area contributed by atoms with Crippen LogP contribution in [0.15, 0.2) is 18.7 Å². The topological polar surface area (TPSA) is 102 Å². The van der Waals surface area contributed by atoms with E-state index < -0.39 is 0 Å². The fraction of sp³-hybridized carbons (Fsp3) is 0.364. The van der Waals surface area contributed by atoms with Gasteiger partial charge in [-0.15, -0.1) is 0 Å². The van der Waals surface area contributed by atoms with E-state index in [4.69, 9.17) is 5.73 Å². The van der Waals surface area contributed by atoms with Gasteiger partial charge >= 0.3 is 0 Å². The average molecular weight is 248 g/mol. The molecule has 0 saturated carbocycles. The maximum atomic E-state index is 11.9. The van der Waals surface area contributed by atoms with E-state index in [2.05, 4.69) is 20.5 Å². The second-order valence-corrected chi connectivity index (χ2v) is 4.24. The molecule has 2 aromatic rings. The minimum Gasteiger partial charge on any atom is -0.395 e. The number of imidazole rings is 1. The Morgan fingerprint density at radius 1 is 1.67 bits per heavy atom. The number of nitrogens with zero attached hydrogens (tertiary/aromatic N) is 3. The lowest BCUT2D eigenvalue weighted by Gasteiger charge is -2.13. The summed E-state index contributed by atoms with van der Waals surface area (Å²) in [6.07, 6.45) is 5.25. The molecular formula is C11H16N6O. The molecule has 0 radical (unpaired) electrons. The number of amides is 1. The number of aryl methyl sites for hydroxylation is 1. The Morgan fingerprint density at radius 2 is 2.44 bits per heavy atom. The summed E-state index contributed by atoms with van der Waals surface area (Å²) in [7, 11) is 0. The molecule has 0 aliphatic carbocycles. The summed E-state index contributed by atoms with van der Waals surface area (Å²) in [5.74, 6) is -0.274. The number of aromatic nitrogens is 4. The van der Waals surface area contributed by atoms with Crippen molar-refractivity contribution in [1.82, 2.24) is 25.1 Å². The summed E-state index contributed by atoms with van der Waals surface area (Å²) in [6, 6.07) is -0.0388. The minimum absolute atomic E-state index is 0.0388. The monoisotopic (exact) mass is 248 g/mol. The van der Waals surface area contributed by atoms with Crippen LogP contribution in [0.1, 0.15) is 23.1 Å². The van der Waals surface area contributed by atoms with Gasteiger partial charge in [-0.25, -0.2) is 4.98 Å². The fourth-order valence-electron chi connectivity index (χ4n) is 1.66. The van der Waals surface area contributed by atoms with Gasteiger partial charge in [-0.3, -0.25) is 9.89 Å². The van der Waals surface area contributed by atoms with Crippen molar-refractivity contribution < 1.29 is 4.79 Å². The van der Waals surface area contributed by atoms with E-state index in [1.54, 1.807) is 19.4 Å². The zero-order chi connectivity index (χ0) is 13.1. The molecule has 0 spiro atoms. The smallest absolute Gasteiger partial charge is 0.274 e. The van der Waals surface area contributed by atoms with Gasteiger partial charge in [0.1, 0.15) is 0 Å². The maximum absolute atomic E-state index is 11.9. The zero-order valence-electron chi connectivity index (χ0n) is 10.3. The molecule has 4 N–H and O–H groups in total. The first-order valence-corrected chi connectivity index (χ1v) is 5.65. The lowest BCUT2D eigenvalue weighted by molar-refractivity contribution is 0.0932. The molecule has 2 rings (SSSR count). The number of carbonyl (C=O) groups is 1. The van der Waals surface area contributed by atoms with Gasteiger partial charge in [0.25, 0.3) is 5.91 Å². The van der Waals surface area contributed by atoms with Crippen LogP contribution < -0.4 is 11.1 Å². The van der Waals surface area contributed by atoms with Gasteiger partial charge in [0.05, 0.1) is 17.7 Å². The molecule has 0 aromatic carbocycles. The van der Waals surface area contributed by atoms with Crippen molar-refractivity contribution in [2.45, 2.75) is 26.4 Å². The van der Waals surface area contributed by atoms with Gasteiger partial charge in [-0.2, -0.15) is 5.10 Å². The molecule has 96 valence electrons. The first kappa shape index (κ1) is 12.2. The number of anilines is 1. The minimum atomic E-state index is -0.274. The second-order valence-electron chi connectivity index (χ2n) is 4.24. The number of aromatic amines is 1. The van der Waals surface area contributed by atoms with Crippen LogP contribution in [0.3, 0.4) is 0 Å². The molecule has 0 fully saturated rings. The van der Waals surface area contributed by atoms with Gasteiger partial charge in [0, 0.05) is 25.0 Å². The van der Waals surface area contributed by atoms with Crippen molar-refractivity contribution in [2.75, 3.05) is 5.73 Å². The number of rotatable bonds is 4. The third-order valence-corrected chi connectivity index (χ3v) is 2.63. The number of nitrogen functional groups attached to an aromatic ring is 1. The molecule has 0 saturated heterocycles. The van der Waals surface area contributed by atoms with Crippen LogP contribution >= 0.6 is 0 Å². The van der Waals surface area contributed by atoms with Crippen molar-refractivity contribution in [3.05, 3.63) is 30.1 Å². The van der Waals surface area contributed by atoms with Gasteiger partial charge in [-0.05, 0) is 13.8 Å². The van der Waals surface area contributed by atoms with Crippen LogP contribution in [0.25, 0.3) is 0 Å². The van der Waals surface area contributed by atoms with E-state index >= 15 is 0 Å². The van der Waals surface area contributed by atoms with E-state index in [0.717, 1.165) is 0 Å². The summed E-state index contributed by atoms with van der Waals surface area (Å²) in [5.41, 5.74) is 7.07. The molecule has 0 aliphatic rings. The summed E-state index contributed by atoms with van der Waals surface area (Å²) in [6.45, 7) is 4.33. The van der Waals surface area contributed by atoms with Crippen molar-refractivity contribution in [3.63, 3.8) is 0 Å². The van der Waals surface area contributed by atoms with Crippen LogP contribution in [-0.4, -0.2) is 31.7 Å². The Morgan fingerprint density at radius 3 is 3.00 bits per heavy atom. The van der Waals surface area contributed by atoms with Crippen molar-refractivity contribution >= 4 is 11.6 Å². The lowest BCUT2D eigenvalue weighted by atomic mass is 10.2. The predicted molar refractivity (Wildman–Crippen MR) is 66.9 cm³/mol. The SMILES string of the molecule is Cc1[nH]nc(C(=O)NC(C)Cn2ccnc2)c1N. The Bertz CT molecular complexity index is 530. The molecule has 0 aliphatic heterocycles. The third-order valence-electron chi connectivity index (χ3n) is 2.63. The first-order chi connectivity index (χ1) is 8.58. The molecule has 1 amide bonds. The molecule has 7 heteroatoms. The number of nitrogens with two attached hydrogens (primary N) is 1. The standard InChI is InChI=1S/C11H16N6O/c1-7(5-17-4-3-13-6-17)14-11(18)10-9(12)8(2)15-16-10/h3-4,6-7H,5,12H2,1-2H3,(H,14,18)(H,15,16). The maximum Gasteiger partial charge on any atom is 0.274 e.